The summed E-state index contributed by atoms with van der Waals surface area (Å²) in [6, 6.07) is 0. The molecule has 2 saturated carbocycles. The van der Waals surface area contributed by atoms with Gasteiger partial charge in [-0.15, -0.1) is 0 Å². The van der Waals surface area contributed by atoms with E-state index in [2.05, 4.69) is 34.3 Å². The van der Waals surface area contributed by atoms with Gasteiger partial charge >= 0.3 is 0 Å². The van der Waals surface area contributed by atoms with E-state index in [1.807, 2.05) is 0 Å². The molecule has 2 heteroatoms. The first kappa shape index (κ1) is 16.0. The molecule has 2 aliphatic rings. The highest BCUT2D eigenvalue weighted by Crippen LogP contribution is 2.59. The summed E-state index contributed by atoms with van der Waals surface area (Å²) in [5.74, 6) is 0.401. The molecule has 2 nitrogen and oxygen atoms in total. The van der Waals surface area contributed by atoms with Gasteiger partial charge in [-0.2, -0.15) is 0 Å². The molecule has 0 heterocycles. The third-order valence-corrected chi connectivity index (χ3v) is 6.11. The van der Waals surface area contributed by atoms with Crippen molar-refractivity contribution >= 4 is 0 Å². The lowest BCUT2D eigenvalue weighted by Crippen LogP contribution is -2.39. The summed E-state index contributed by atoms with van der Waals surface area (Å²) in [4.78, 5) is 0. The van der Waals surface area contributed by atoms with Gasteiger partial charge in [0.15, 0.2) is 0 Å². The zero-order chi connectivity index (χ0) is 15.2. The Labute approximate surface area is 124 Å². The van der Waals surface area contributed by atoms with Crippen LogP contribution < -0.4 is 0 Å². The molecule has 2 rings (SSSR count). The van der Waals surface area contributed by atoms with Gasteiger partial charge in [0.05, 0.1) is 11.7 Å². The minimum Gasteiger partial charge on any atom is -0.393 e. The van der Waals surface area contributed by atoms with Gasteiger partial charge in [-0.1, -0.05) is 39.8 Å². The van der Waals surface area contributed by atoms with Gasteiger partial charge in [0.2, 0.25) is 0 Å². The molecule has 2 fully saturated rings. The SMILES string of the molecule is C=C(C(C)(C)CC)C12CCC(O)(CC(C)CC(O)C1)C2. The van der Waals surface area contributed by atoms with E-state index in [9.17, 15) is 10.2 Å². The number of fused-ring (bicyclic) bond motifs is 2. The number of hydrogen-bond acceptors (Lipinski definition) is 2. The average molecular weight is 280 g/mol. The number of aliphatic hydroxyl groups is 2. The fraction of sp³-hybridized carbons (Fsp3) is 0.889. The largest absolute Gasteiger partial charge is 0.393 e. The van der Waals surface area contributed by atoms with Crippen molar-refractivity contribution in [3.05, 3.63) is 12.2 Å². The smallest absolute Gasteiger partial charge is 0.0659 e. The van der Waals surface area contributed by atoms with Crippen molar-refractivity contribution in [2.75, 3.05) is 0 Å². The van der Waals surface area contributed by atoms with E-state index in [-0.39, 0.29) is 16.9 Å². The van der Waals surface area contributed by atoms with Crippen molar-refractivity contribution in [1.82, 2.24) is 0 Å². The second-order valence-electron chi connectivity index (χ2n) is 8.30. The van der Waals surface area contributed by atoms with Gasteiger partial charge in [0.1, 0.15) is 0 Å². The molecule has 4 atom stereocenters. The number of aliphatic hydroxyl groups excluding tert-OH is 1. The molecular weight excluding hydrogens is 248 g/mol. The Morgan fingerprint density at radius 2 is 1.95 bits per heavy atom. The highest BCUT2D eigenvalue weighted by molar-refractivity contribution is 5.23. The average Bonchev–Trinajstić information content (AvgIpc) is 2.66. The molecule has 0 radical (unpaired) electrons. The molecule has 0 amide bonds. The Morgan fingerprint density at radius 1 is 1.30 bits per heavy atom. The van der Waals surface area contributed by atoms with Crippen LogP contribution in [0, 0.1) is 16.7 Å². The van der Waals surface area contributed by atoms with Crippen molar-refractivity contribution in [3.8, 4) is 0 Å². The molecule has 0 aromatic carbocycles. The quantitative estimate of drug-likeness (QED) is 0.765. The predicted molar refractivity (Wildman–Crippen MR) is 83.5 cm³/mol. The third-order valence-electron chi connectivity index (χ3n) is 6.11. The Morgan fingerprint density at radius 3 is 2.55 bits per heavy atom. The minimum absolute atomic E-state index is 0.0617. The topological polar surface area (TPSA) is 40.5 Å². The third kappa shape index (κ3) is 2.82. The Hall–Kier alpha value is -0.340. The van der Waals surface area contributed by atoms with Crippen LogP contribution in [0.15, 0.2) is 12.2 Å². The van der Waals surface area contributed by atoms with Gasteiger partial charge in [-0.3, -0.25) is 0 Å². The van der Waals surface area contributed by atoms with Crippen LogP contribution in [-0.2, 0) is 0 Å². The van der Waals surface area contributed by atoms with E-state index in [0.717, 1.165) is 44.9 Å². The van der Waals surface area contributed by atoms with Crippen molar-refractivity contribution in [3.63, 3.8) is 0 Å². The molecule has 116 valence electrons. The lowest BCUT2D eigenvalue weighted by molar-refractivity contribution is -0.0165. The summed E-state index contributed by atoms with van der Waals surface area (Å²) in [5.41, 5.74) is 0.729. The number of allylic oxidation sites excluding steroid dienone is 1. The molecule has 2 aliphatic carbocycles. The standard InChI is InChI=1S/C18H32O2/c1-6-16(4,5)14(3)17-7-8-18(20,12-17)10-13(2)9-15(19)11-17/h13,15,19-20H,3,6-12H2,1-2,4-5H3. The van der Waals surface area contributed by atoms with E-state index in [4.69, 9.17) is 0 Å². The summed E-state index contributed by atoms with van der Waals surface area (Å²) < 4.78 is 0. The minimum atomic E-state index is -0.535. The lowest BCUT2D eigenvalue weighted by Gasteiger charge is -2.44. The van der Waals surface area contributed by atoms with Crippen molar-refractivity contribution < 1.29 is 10.2 Å². The Kier molecular flexibility index (Phi) is 4.12. The molecule has 0 spiro atoms. The van der Waals surface area contributed by atoms with Gasteiger partial charge in [0, 0.05) is 0 Å². The van der Waals surface area contributed by atoms with E-state index in [1.165, 1.54) is 5.57 Å². The first-order valence-corrected chi connectivity index (χ1v) is 8.23. The first-order valence-electron chi connectivity index (χ1n) is 8.23. The van der Waals surface area contributed by atoms with Crippen molar-refractivity contribution in [2.24, 2.45) is 16.7 Å². The highest BCUT2D eigenvalue weighted by Gasteiger charge is 2.53. The van der Waals surface area contributed by atoms with Gasteiger partial charge in [-0.05, 0) is 61.7 Å². The molecule has 0 aromatic rings. The summed E-state index contributed by atoms with van der Waals surface area (Å²) in [7, 11) is 0. The zero-order valence-electron chi connectivity index (χ0n) is 13.7. The van der Waals surface area contributed by atoms with E-state index in [0.29, 0.717) is 5.92 Å². The number of hydrogen-bond donors (Lipinski definition) is 2. The Balaban J connectivity index is 2.32. The molecule has 0 saturated heterocycles. The number of rotatable bonds is 3. The van der Waals surface area contributed by atoms with E-state index < -0.39 is 5.60 Å². The maximum atomic E-state index is 10.9. The summed E-state index contributed by atoms with van der Waals surface area (Å²) in [5, 5.41) is 21.3. The van der Waals surface area contributed by atoms with Crippen LogP contribution in [-0.4, -0.2) is 21.9 Å². The molecule has 2 N–H and O–H groups in total. The van der Waals surface area contributed by atoms with Crippen molar-refractivity contribution in [2.45, 2.75) is 84.3 Å². The monoisotopic (exact) mass is 280 g/mol. The van der Waals surface area contributed by atoms with Crippen LogP contribution in [0.1, 0.15) is 72.6 Å². The van der Waals surface area contributed by atoms with Crippen LogP contribution in [0.5, 0.6) is 0 Å². The van der Waals surface area contributed by atoms with E-state index in [1.54, 1.807) is 0 Å². The molecule has 0 aliphatic heterocycles. The molecule has 20 heavy (non-hydrogen) atoms. The molecule has 2 bridgehead atoms. The first-order chi connectivity index (χ1) is 9.12. The van der Waals surface area contributed by atoms with E-state index >= 15 is 0 Å². The maximum absolute atomic E-state index is 10.9. The molecule has 4 unspecified atom stereocenters. The molecular formula is C18H32O2. The van der Waals surface area contributed by atoms with Crippen LogP contribution in [0.3, 0.4) is 0 Å². The van der Waals surface area contributed by atoms with Crippen LogP contribution >= 0.6 is 0 Å². The lowest BCUT2D eigenvalue weighted by atomic mass is 9.62. The zero-order valence-corrected chi connectivity index (χ0v) is 13.7. The van der Waals surface area contributed by atoms with Gasteiger partial charge in [-0.25, -0.2) is 0 Å². The second kappa shape index (κ2) is 5.14. The predicted octanol–water partition coefficient (Wildman–Crippen LogP) is 4.06. The Bertz CT molecular complexity index is 387. The summed E-state index contributed by atoms with van der Waals surface area (Å²) >= 11 is 0. The summed E-state index contributed by atoms with van der Waals surface area (Å²) in [6.07, 6.45) is 5.86. The van der Waals surface area contributed by atoms with Gasteiger partial charge < -0.3 is 10.2 Å². The fourth-order valence-electron chi connectivity index (χ4n) is 4.67. The van der Waals surface area contributed by atoms with Crippen LogP contribution in [0.25, 0.3) is 0 Å². The van der Waals surface area contributed by atoms with Crippen LogP contribution in [0.2, 0.25) is 0 Å². The second-order valence-corrected chi connectivity index (χ2v) is 8.30. The maximum Gasteiger partial charge on any atom is 0.0659 e. The normalized spacial score (nSPS) is 42.1. The van der Waals surface area contributed by atoms with Crippen LogP contribution in [0.4, 0.5) is 0 Å². The van der Waals surface area contributed by atoms with Crippen molar-refractivity contribution in [1.29, 1.82) is 0 Å². The van der Waals surface area contributed by atoms with Gasteiger partial charge in [0.25, 0.3) is 0 Å². The summed E-state index contributed by atoms with van der Waals surface area (Å²) in [6.45, 7) is 13.3. The molecule has 0 aromatic heterocycles. The highest BCUT2D eigenvalue weighted by atomic mass is 16.3. The fourth-order valence-corrected chi connectivity index (χ4v) is 4.67.